The number of aldehydes is 1. The number of rotatable bonds is 9. The van der Waals surface area contributed by atoms with E-state index in [1.165, 1.54) is 12.8 Å². The van der Waals surface area contributed by atoms with Gasteiger partial charge >= 0.3 is 0 Å². The van der Waals surface area contributed by atoms with Crippen LogP contribution in [0.15, 0.2) is 41.6 Å². The molecule has 3 heterocycles. The molecule has 2 saturated heterocycles. The van der Waals surface area contributed by atoms with Crippen LogP contribution in [0, 0.1) is 11.8 Å². The van der Waals surface area contributed by atoms with Crippen molar-refractivity contribution in [3.05, 3.63) is 47.2 Å². The lowest BCUT2D eigenvalue weighted by atomic mass is 10.0. The molecule has 3 N–H and O–H groups in total. The monoisotopic (exact) mass is 539 g/mol. The van der Waals surface area contributed by atoms with E-state index in [4.69, 9.17) is 16.3 Å². The van der Waals surface area contributed by atoms with Crippen molar-refractivity contribution in [1.82, 2.24) is 15.6 Å². The molecule has 200 valence electrons. The van der Waals surface area contributed by atoms with Gasteiger partial charge in [-0.25, -0.2) is 14.4 Å². The average molecular weight is 540 g/mol. The van der Waals surface area contributed by atoms with Crippen LogP contribution in [0.3, 0.4) is 0 Å². The van der Waals surface area contributed by atoms with E-state index in [1.807, 2.05) is 24.8 Å². The van der Waals surface area contributed by atoms with Gasteiger partial charge in [0.25, 0.3) is 0 Å². The molecular formula is C26H39ClFN5O2S. The van der Waals surface area contributed by atoms with Crippen LogP contribution in [-0.4, -0.2) is 62.0 Å². The number of aromatic nitrogens is 1. The SMILES string of the molecule is CSC1CCCC(C=O)CN1.C\C=C/C(=N\C(=C\F)NCC1CCOCC1)c1cc(NC)ncc1Cl. The quantitative estimate of drug-likeness (QED) is 0.294. The minimum Gasteiger partial charge on any atom is -0.381 e. The number of ether oxygens (including phenoxy) is 1. The van der Waals surface area contributed by atoms with Crippen LogP contribution in [0.25, 0.3) is 0 Å². The molecule has 0 radical (unpaired) electrons. The zero-order valence-corrected chi connectivity index (χ0v) is 23.0. The second-order valence-electron chi connectivity index (χ2n) is 8.69. The number of pyridine rings is 1. The molecular weight excluding hydrogens is 501 g/mol. The van der Waals surface area contributed by atoms with E-state index >= 15 is 0 Å². The maximum Gasteiger partial charge on any atom is 0.155 e. The second-order valence-corrected chi connectivity index (χ2v) is 10.1. The Balaban J connectivity index is 0.000000346. The number of nitrogens with zero attached hydrogens (tertiary/aromatic N) is 2. The fraction of sp³-hybridized carbons (Fsp3) is 0.577. The van der Waals surface area contributed by atoms with Crippen LogP contribution in [0.5, 0.6) is 0 Å². The topological polar surface area (TPSA) is 87.6 Å². The van der Waals surface area contributed by atoms with E-state index in [2.05, 4.69) is 32.2 Å². The fourth-order valence-corrected chi connectivity index (χ4v) is 4.78. The minimum atomic E-state index is 0.179. The standard InChI is InChI=1S/C18H24ClFN4O.C8H15NOS/c1-3-4-16(14-9-17(21-2)23-12-15(14)19)24-18(10-20)22-11-13-5-7-25-8-6-13;1-11-8-4-2-3-7(6-10)5-9-8/h3-4,9-10,12-13,22H,5-8,11H2,1-2H3,(H,21,23);6-9H,2-5H2,1H3/b4-3-,18-10+,24-16+;. The number of carbonyl (C=O) groups excluding carboxylic acids is 1. The van der Waals surface area contributed by atoms with Gasteiger partial charge in [-0.05, 0) is 56.9 Å². The van der Waals surface area contributed by atoms with Crippen molar-refractivity contribution in [3.63, 3.8) is 0 Å². The summed E-state index contributed by atoms with van der Waals surface area (Å²) in [4.78, 5) is 19.0. The summed E-state index contributed by atoms with van der Waals surface area (Å²) in [6.07, 6.45) is 14.2. The van der Waals surface area contributed by atoms with Gasteiger partial charge in [0.15, 0.2) is 5.82 Å². The molecule has 0 bridgehead atoms. The molecule has 0 aromatic carbocycles. The van der Waals surface area contributed by atoms with Crippen molar-refractivity contribution < 1.29 is 13.9 Å². The number of halogens is 2. The lowest BCUT2D eigenvalue weighted by molar-refractivity contribution is -0.111. The Bertz CT molecular complexity index is 893. The molecule has 2 aliphatic rings. The Morgan fingerprint density at radius 1 is 1.36 bits per heavy atom. The van der Waals surface area contributed by atoms with Crippen molar-refractivity contribution in [2.24, 2.45) is 16.8 Å². The number of hydrogen-bond donors (Lipinski definition) is 3. The Morgan fingerprint density at radius 3 is 2.78 bits per heavy atom. The van der Waals surface area contributed by atoms with Gasteiger partial charge in [-0.1, -0.05) is 24.1 Å². The van der Waals surface area contributed by atoms with E-state index in [0.29, 0.717) is 46.3 Å². The van der Waals surface area contributed by atoms with Crippen molar-refractivity contribution in [2.45, 2.75) is 44.4 Å². The van der Waals surface area contributed by atoms with Crippen LogP contribution in [-0.2, 0) is 9.53 Å². The molecule has 1 aromatic heterocycles. The molecule has 10 heteroatoms. The van der Waals surface area contributed by atoms with Crippen molar-refractivity contribution >= 4 is 41.2 Å². The van der Waals surface area contributed by atoms with Crippen LogP contribution >= 0.6 is 23.4 Å². The highest BCUT2D eigenvalue weighted by Gasteiger charge is 2.16. The number of hydrogen-bond acceptors (Lipinski definition) is 8. The molecule has 2 unspecified atom stereocenters. The predicted octanol–water partition coefficient (Wildman–Crippen LogP) is 5.19. The third-order valence-corrected chi connectivity index (χ3v) is 7.37. The van der Waals surface area contributed by atoms with Crippen molar-refractivity contribution in [2.75, 3.05) is 44.9 Å². The third kappa shape index (κ3) is 10.6. The summed E-state index contributed by atoms with van der Waals surface area (Å²) in [6.45, 7) is 4.92. The van der Waals surface area contributed by atoms with E-state index in [9.17, 15) is 9.18 Å². The maximum absolute atomic E-state index is 13.3. The Morgan fingerprint density at radius 2 is 2.14 bits per heavy atom. The molecule has 2 fully saturated rings. The smallest absolute Gasteiger partial charge is 0.155 e. The summed E-state index contributed by atoms with van der Waals surface area (Å²) < 4.78 is 18.7. The van der Waals surface area contributed by atoms with E-state index in [1.54, 1.807) is 25.4 Å². The van der Waals surface area contributed by atoms with E-state index in [-0.39, 0.29) is 11.7 Å². The highest BCUT2D eigenvalue weighted by Crippen LogP contribution is 2.21. The number of allylic oxidation sites excluding steroid dienone is 2. The first-order valence-corrected chi connectivity index (χ1v) is 14.1. The Kier molecular flexibility index (Phi) is 14.7. The number of carbonyl (C=O) groups is 1. The number of nitrogens with one attached hydrogen (secondary N) is 3. The number of anilines is 1. The summed E-state index contributed by atoms with van der Waals surface area (Å²) in [7, 11) is 1.77. The fourth-order valence-electron chi connectivity index (χ4n) is 3.92. The summed E-state index contributed by atoms with van der Waals surface area (Å²) in [5.74, 6) is 1.56. The molecule has 7 nitrogen and oxygen atoms in total. The normalized spacial score (nSPS) is 21.9. The third-order valence-electron chi connectivity index (χ3n) is 6.09. The lowest BCUT2D eigenvalue weighted by Crippen LogP contribution is -2.28. The van der Waals surface area contributed by atoms with E-state index < -0.39 is 0 Å². The van der Waals surface area contributed by atoms with E-state index in [0.717, 1.165) is 45.3 Å². The molecule has 0 aliphatic carbocycles. The van der Waals surface area contributed by atoms with Crippen LogP contribution in [0.4, 0.5) is 10.2 Å². The van der Waals surface area contributed by atoms with Gasteiger partial charge in [-0.15, -0.1) is 11.8 Å². The van der Waals surface area contributed by atoms with Gasteiger partial charge in [0.2, 0.25) is 0 Å². The first-order chi connectivity index (χ1) is 17.5. The Hall–Kier alpha value is -1.94. The molecule has 1 aromatic rings. The molecule has 0 saturated carbocycles. The first kappa shape index (κ1) is 30.3. The molecule has 3 rings (SSSR count). The molecule has 36 heavy (non-hydrogen) atoms. The van der Waals surface area contributed by atoms with Crippen LogP contribution in [0.2, 0.25) is 5.02 Å². The Labute approximate surface area is 223 Å². The van der Waals surface area contributed by atoms with Crippen LogP contribution in [0.1, 0.15) is 44.6 Å². The number of thioether (sulfide) groups is 1. The van der Waals surface area contributed by atoms with Gasteiger partial charge in [0.05, 0.1) is 16.1 Å². The molecule has 0 amide bonds. The second kappa shape index (κ2) is 17.5. The minimum absolute atomic E-state index is 0.179. The predicted molar refractivity (Wildman–Crippen MR) is 150 cm³/mol. The highest BCUT2D eigenvalue weighted by molar-refractivity contribution is 7.99. The van der Waals surface area contributed by atoms with Crippen molar-refractivity contribution in [1.29, 1.82) is 0 Å². The zero-order chi connectivity index (χ0) is 26.2. The summed E-state index contributed by atoms with van der Waals surface area (Å²) in [5, 5.41) is 10.4. The summed E-state index contributed by atoms with van der Waals surface area (Å²) >= 11 is 8.10. The number of aliphatic imine (C=N–C) groups is 1. The summed E-state index contributed by atoms with van der Waals surface area (Å²) in [5.41, 5.74) is 1.25. The van der Waals surface area contributed by atoms with Gasteiger partial charge in [0.1, 0.15) is 18.4 Å². The highest BCUT2D eigenvalue weighted by atomic mass is 35.5. The van der Waals surface area contributed by atoms with Gasteiger partial charge < -0.3 is 25.5 Å². The largest absolute Gasteiger partial charge is 0.381 e. The van der Waals surface area contributed by atoms with Crippen LogP contribution < -0.4 is 16.0 Å². The average Bonchev–Trinajstić information content (AvgIpc) is 3.17. The molecule has 0 spiro atoms. The van der Waals surface area contributed by atoms with Gasteiger partial charge in [0, 0.05) is 51.0 Å². The molecule has 2 atom stereocenters. The van der Waals surface area contributed by atoms with Crippen molar-refractivity contribution in [3.8, 4) is 0 Å². The zero-order valence-electron chi connectivity index (χ0n) is 21.4. The summed E-state index contributed by atoms with van der Waals surface area (Å²) in [6, 6.07) is 1.79. The van der Waals surface area contributed by atoms with Gasteiger partial charge in [-0.3, -0.25) is 0 Å². The lowest BCUT2D eigenvalue weighted by Gasteiger charge is -2.22. The first-order valence-electron chi connectivity index (χ1n) is 12.4. The molecule has 2 aliphatic heterocycles. The maximum atomic E-state index is 13.3. The van der Waals surface area contributed by atoms with Gasteiger partial charge in [-0.2, -0.15) is 0 Å².